The number of anilines is 2. The summed E-state index contributed by atoms with van der Waals surface area (Å²) in [4.78, 5) is 2.53. The molecule has 0 saturated carbocycles. The van der Waals surface area contributed by atoms with E-state index in [1.807, 2.05) is 0 Å². The third kappa shape index (κ3) is 1.47. The van der Waals surface area contributed by atoms with Crippen LogP contribution in [0.2, 0.25) is 0 Å². The van der Waals surface area contributed by atoms with Crippen molar-refractivity contribution in [2.75, 3.05) is 36.4 Å². The molecule has 3 rings (SSSR count). The lowest BCUT2D eigenvalue weighted by Crippen LogP contribution is -2.56. The Morgan fingerprint density at radius 2 is 2.27 bits per heavy atom. The largest absolute Gasteiger partial charge is 0.381 e. The summed E-state index contributed by atoms with van der Waals surface area (Å²) in [5.74, 6) is 0. The fourth-order valence-electron chi connectivity index (χ4n) is 2.53. The minimum atomic E-state index is 0.619. The molecular formula is C12H17N3. The van der Waals surface area contributed by atoms with Crippen molar-refractivity contribution < 1.29 is 0 Å². The number of nitrogens with zero attached hydrogens (tertiary/aromatic N) is 1. The van der Waals surface area contributed by atoms with Gasteiger partial charge in [0.15, 0.2) is 0 Å². The minimum Gasteiger partial charge on any atom is -0.381 e. The van der Waals surface area contributed by atoms with E-state index in [1.165, 1.54) is 16.9 Å². The molecule has 0 spiro atoms. The molecule has 0 aliphatic carbocycles. The van der Waals surface area contributed by atoms with Crippen molar-refractivity contribution in [3.8, 4) is 0 Å². The molecule has 3 heteroatoms. The van der Waals surface area contributed by atoms with E-state index in [4.69, 9.17) is 0 Å². The van der Waals surface area contributed by atoms with Gasteiger partial charge in [0.25, 0.3) is 0 Å². The monoisotopic (exact) mass is 203 g/mol. The lowest BCUT2D eigenvalue weighted by molar-refractivity contribution is 0.482. The molecule has 2 aliphatic heterocycles. The molecular weight excluding hydrogens is 186 g/mol. The van der Waals surface area contributed by atoms with E-state index in [9.17, 15) is 0 Å². The van der Waals surface area contributed by atoms with Gasteiger partial charge in [0.1, 0.15) is 0 Å². The fourth-order valence-corrected chi connectivity index (χ4v) is 2.53. The predicted molar refractivity (Wildman–Crippen MR) is 63.7 cm³/mol. The van der Waals surface area contributed by atoms with Crippen LogP contribution in [-0.4, -0.2) is 32.2 Å². The van der Waals surface area contributed by atoms with Crippen molar-refractivity contribution in [1.82, 2.24) is 5.32 Å². The summed E-state index contributed by atoms with van der Waals surface area (Å²) in [6.07, 6.45) is 0. The highest BCUT2D eigenvalue weighted by Gasteiger charge is 2.27. The summed E-state index contributed by atoms with van der Waals surface area (Å²) >= 11 is 0. The Kier molecular flexibility index (Phi) is 2.06. The summed E-state index contributed by atoms with van der Waals surface area (Å²) in [6.45, 7) is 6.53. The smallest absolute Gasteiger partial charge is 0.0606 e. The summed E-state index contributed by atoms with van der Waals surface area (Å²) in [5.41, 5.74) is 4.00. The van der Waals surface area contributed by atoms with Crippen LogP contribution in [0, 0.1) is 6.92 Å². The standard InChI is InChI=1S/C12H17N3/c1-9-2-3-12-11(6-9)14-8-10-7-13-4-5-15(10)12/h2-3,6,10,13-14H,4-5,7-8H2,1H3. The second-order valence-corrected chi connectivity index (χ2v) is 4.45. The zero-order chi connectivity index (χ0) is 10.3. The number of aryl methyl sites for hydroxylation is 1. The molecule has 2 heterocycles. The maximum absolute atomic E-state index is 3.52. The molecule has 0 bridgehead atoms. The van der Waals surface area contributed by atoms with Crippen LogP contribution in [0.15, 0.2) is 18.2 Å². The molecule has 0 radical (unpaired) electrons. The number of hydrogen-bond donors (Lipinski definition) is 2. The molecule has 1 saturated heterocycles. The van der Waals surface area contributed by atoms with Crippen LogP contribution >= 0.6 is 0 Å². The molecule has 1 unspecified atom stereocenters. The number of nitrogens with one attached hydrogen (secondary N) is 2. The molecule has 3 nitrogen and oxygen atoms in total. The van der Waals surface area contributed by atoms with Crippen LogP contribution < -0.4 is 15.5 Å². The summed E-state index contributed by atoms with van der Waals surface area (Å²) in [5, 5.41) is 6.97. The lowest BCUT2D eigenvalue weighted by atomic mass is 10.1. The van der Waals surface area contributed by atoms with Gasteiger partial charge in [-0.05, 0) is 24.6 Å². The first kappa shape index (κ1) is 9.04. The Hall–Kier alpha value is -1.22. The van der Waals surface area contributed by atoms with Gasteiger partial charge in [-0.25, -0.2) is 0 Å². The van der Waals surface area contributed by atoms with Gasteiger partial charge in [-0.3, -0.25) is 0 Å². The molecule has 0 amide bonds. The van der Waals surface area contributed by atoms with Crippen molar-refractivity contribution in [2.24, 2.45) is 0 Å². The van der Waals surface area contributed by atoms with Crippen LogP contribution in [-0.2, 0) is 0 Å². The average molecular weight is 203 g/mol. The van der Waals surface area contributed by atoms with Crippen LogP contribution in [0.4, 0.5) is 11.4 Å². The number of piperazine rings is 1. The van der Waals surface area contributed by atoms with Gasteiger partial charge in [0, 0.05) is 26.2 Å². The predicted octanol–water partition coefficient (Wildman–Crippen LogP) is 1.20. The SMILES string of the molecule is Cc1ccc2c(c1)NCC1CNCCN21. The van der Waals surface area contributed by atoms with Crippen molar-refractivity contribution in [3.05, 3.63) is 23.8 Å². The van der Waals surface area contributed by atoms with Crippen molar-refractivity contribution >= 4 is 11.4 Å². The van der Waals surface area contributed by atoms with E-state index in [0.29, 0.717) is 6.04 Å². The zero-order valence-electron chi connectivity index (χ0n) is 9.09. The number of benzene rings is 1. The van der Waals surface area contributed by atoms with Crippen molar-refractivity contribution in [2.45, 2.75) is 13.0 Å². The topological polar surface area (TPSA) is 27.3 Å². The highest BCUT2D eigenvalue weighted by molar-refractivity contribution is 5.73. The Labute approximate surface area is 90.5 Å². The van der Waals surface area contributed by atoms with E-state index >= 15 is 0 Å². The first-order chi connectivity index (χ1) is 7.34. The van der Waals surface area contributed by atoms with Gasteiger partial charge in [0.2, 0.25) is 0 Å². The van der Waals surface area contributed by atoms with Crippen LogP contribution in [0.1, 0.15) is 5.56 Å². The van der Waals surface area contributed by atoms with Gasteiger partial charge < -0.3 is 15.5 Å². The quantitative estimate of drug-likeness (QED) is 0.663. The Morgan fingerprint density at radius 1 is 1.33 bits per heavy atom. The van der Waals surface area contributed by atoms with Gasteiger partial charge in [-0.15, -0.1) is 0 Å². The number of hydrogen-bond acceptors (Lipinski definition) is 3. The lowest BCUT2D eigenvalue weighted by Gasteiger charge is -2.42. The first-order valence-electron chi connectivity index (χ1n) is 5.66. The third-order valence-electron chi connectivity index (χ3n) is 3.34. The van der Waals surface area contributed by atoms with E-state index < -0.39 is 0 Å². The Balaban J connectivity index is 1.99. The highest BCUT2D eigenvalue weighted by atomic mass is 15.3. The second-order valence-electron chi connectivity index (χ2n) is 4.45. The van der Waals surface area contributed by atoms with E-state index in [-0.39, 0.29) is 0 Å². The number of rotatable bonds is 0. The minimum absolute atomic E-state index is 0.619. The zero-order valence-corrected chi connectivity index (χ0v) is 9.09. The normalized spacial score (nSPS) is 24.1. The summed E-state index contributed by atoms with van der Waals surface area (Å²) in [7, 11) is 0. The van der Waals surface area contributed by atoms with E-state index in [0.717, 1.165) is 26.2 Å². The fraction of sp³-hybridized carbons (Fsp3) is 0.500. The molecule has 2 N–H and O–H groups in total. The van der Waals surface area contributed by atoms with Gasteiger partial charge in [0.05, 0.1) is 17.4 Å². The Morgan fingerprint density at radius 3 is 3.20 bits per heavy atom. The molecule has 80 valence electrons. The average Bonchev–Trinajstić information content (AvgIpc) is 2.28. The summed E-state index contributed by atoms with van der Waals surface area (Å²) in [6, 6.07) is 7.31. The van der Waals surface area contributed by atoms with Gasteiger partial charge >= 0.3 is 0 Å². The second kappa shape index (κ2) is 3.42. The molecule has 1 aromatic carbocycles. The molecule has 0 aromatic heterocycles. The van der Waals surface area contributed by atoms with Crippen molar-refractivity contribution in [3.63, 3.8) is 0 Å². The van der Waals surface area contributed by atoms with E-state index in [2.05, 4.69) is 40.7 Å². The van der Waals surface area contributed by atoms with Crippen LogP contribution in [0.5, 0.6) is 0 Å². The third-order valence-corrected chi connectivity index (χ3v) is 3.34. The van der Waals surface area contributed by atoms with E-state index in [1.54, 1.807) is 0 Å². The number of fused-ring (bicyclic) bond motifs is 3. The van der Waals surface area contributed by atoms with Crippen molar-refractivity contribution in [1.29, 1.82) is 0 Å². The maximum Gasteiger partial charge on any atom is 0.0606 e. The van der Waals surface area contributed by atoms with Gasteiger partial charge in [-0.2, -0.15) is 0 Å². The molecule has 15 heavy (non-hydrogen) atoms. The highest BCUT2D eigenvalue weighted by Crippen LogP contribution is 2.32. The molecule has 2 aliphatic rings. The first-order valence-corrected chi connectivity index (χ1v) is 5.66. The van der Waals surface area contributed by atoms with Crippen LogP contribution in [0.25, 0.3) is 0 Å². The molecule has 1 atom stereocenters. The maximum atomic E-state index is 3.52. The molecule has 1 aromatic rings. The molecule has 1 fully saturated rings. The Bertz CT molecular complexity index is 375. The summed E-state index contributed by atoms with van der Waals surface area (Å²) < 4.78 is 0. The van der Waals surface area contributed by atoms with Gasteiger partial charge in [-0.1, -0.05) is 6.07 Å². The van der Waals surface area contributed by atoms with Crippen LogP contribution in [0.3, 0.4) is 0 Å².